The minimum atomic E-state index is -4.12. The predicted octanol–water partition coefficient (Wildman–Crippen LogP) is 0.616. The third-order valence-electron chi connectivity index (χ3n) is 1.21. The van der Waals surface area contributed by atoms with Crippen LogP contribution in [0.3, 0.4) is 0 Å². The number of phenols is 1. The van der Waals surface area contributed by atoms with Crippen molar-refractivity contribution in [3.63, 3.8) is 0 Å². The van der Waals surface area contributed by atoms with Crippen LogP contribution < -0.4 is 4.74 Å². The van der Waals surface area contributed by atoms with E-state index < -0.39 is 16.1 Å². The van der Waals surface area contributed by atoms with Crippen LogP contribution in [-0.2, 0) is 10.1 Å². The Morgan fingerprint density at radius 3 is 2.14 bits per heavy atom. The average Bonchev–Trinajstić information content (AvgIpc) is 2.02. The zero-order valence-corrected chi connectivity index (χ0v) is 11.6. The van der Waals surface area contributed by atoms with Gasteiger partial charge in [0, 0.05) is 35.6 Å². The van der Waals surface area contributed by atoms with Gasteiger partial charge in [-0.15, -0.1) is 0 Å². The Morgan fingerprint density at radius 1 is 1.21 bits per heavy atom. The molecule has 1 aromatic carbocycles. The minimum Gasteiger partial charge on any atom is -0.508 e. The van der Waals surface area contributed by atoms with Gasteiger partial charge >= 0.3 is 10.1 Å². The molecule has 5 nitrogen and oxygen atoms in total. The fourth-order valence-corrected chi connectivity index (χ4v) is 0.970. The first-order valence-electron chi connectivity index (χ1n) is 3.34. The molecule has 0 aliphatic rings. The van der Waals surface area contributed by atoms with Crippen LogP contribution in [0.2, 0.25) is 0 Å². The molecule has 0 aliphatic heterocycles. The molecule has 0 atom stereocenters. The monoisotopic (exact) mass is 343 g/mol. The maximum Gasteiger partial charge on any atom is 0.300 e. The number of phenolic OH excluding ortho intramolecular Hbond substituents is 1. The van der Waals surface area contributed by atoms with Gasteiger partial charge in [0.15, 0.2) is 0 Å². The van der Waals surface area contributed by atoms with E-state index >= 15 is 0 Å². The molecule has 0 aromatic heterocycles. The van der Waals surface area contributed by atoms with Gasteiger partial charge in [-0.3, -0.25) is 4.55 Å². The molecule has 0 heterocycles. The van der Waals surface area contributed by atoms with Gasteiger partial charge in [0.25, 0.3) is 0 Å². The Bertz CT molecular complexity index is 372. The van der Waals surface area contributed by atoms with Gasteiger partial charge in [-0.2, -0.15) is 8.42 Å². The van der Waals surface area contributed by atoms with Crippen LogP contribution in [0.1, 0.15) is 0 Å². The minimum absolute atomic E-state index is 0. The summed E-state index contributed by atoms with van der Waals surface area (Å²) in [5.74, 6) is -0.479. The molecule has 0 saturated carbocycles. The second-order valence-corrected chi connectivity index (χ2v) is 3.74. The van der Waals surface area contributed by atoms with E-state index in [1.54, 1.807) is 0 Å². The Labute approximate surface area is 109 Å². The molecule has 0 aliphatic carbocycles. The van der Waals surface area contributed by atoms with E-state index in [1.165, 1.54) is 24.3 Å². The molecule has 1 aromatic rings. The van der Waals surface area contributed by atoms with Gasteiger partial charge in [-0.25, -0.2) is 0 Å². The zero-order valence-electron chi connectivity index (χ0n) is 7.12. The molecular weight excluding hydrogens is 335 g/mol. The summed E-state index contributed by atoms with van der Waals surface area (Å²) in [6.07, 6.45) is 0. The SMILES string of the molecule is O=S(=O)(O)COc1ccc(O)cc1.[La]. The van der Waals surface area contributed by atoms with Crippen molar-refractivity contribution in [3.05, 3.63) is 24.3 Å². The van der Waals surface area contributed by atoms with Crippen LogP contribution in [-0.4, -0.2) is 24.0 Å². The Kier molecular flexibility index (Phi) is 5.69. The largest absolute Gasteiger partial charge is 0.508 e. The third kappa shape index (κ3) is 5.61. The smallest absolute Gasteiger partial charge is 0.300 e. The summed E-state index contributed by atoms with van der Waals surface area (Å²) in [6.45, 7) is 0. The van der Waals surface area contributed by atoms with Crippen LogP contribution in [0.5, 0.6) is 11.5 Å². The van der Waals surface area contributed by atoms with Gasteiger partial charge < -0.3 is 9.84 Å². The number of hydrogen-bond donors (Lipinski definition) is 2. The summed E-state index contributed by atoms with van der Waals surface area (Å²) in [4.78, 5) is 0. The summed E-state index contributed by atoms with van der Waals surface area (Å²) in [7, 11) is -4.12. The van der Waals surface area contributed by atoms with E-state index in [-0.39, 0.29) is 47.1 Å². The molecule has 0 saturated heterocycles. The number of rotatable bonds is 3. The van der Waals surface area contributed by atoms with Crippen LogP contribution in [0.15, 0.2) is 24.3 Å². The van der Waals surface area contributed by atoms with Crippen molar-refractivity contribution in [2.75, 3.05) is 5.94 Å². The van der Waals surface area contributed by atoms with Crippen molar-refractivity contribution in [2.45, 2.75) is 0 Å². The average molecular weight is 343 g/mol. The van der Waals surface area contributed by atoms with E-state index in [1.807, 2.05) is 0 Å². The molecular formula is C7H8LaO5S. The van der Waals surface area contributed by atoms with Crippen molar-refractivity contribution in [1.29, 1.82) is 0 Å². The van der Waals surface area contributed by atoms with Gasteiger partial charge in [0.05, 0.1) is 0 Å². The van der Waals surface area contributed by atoms with Crippen molar-refractivity contribution in [3.8, 4) is 11.5 Å². The van der Waals surface area contributed by atoms with Crippen molar-refractivity contribution >= 4 is 10.1 Å². The topological polar surface area (TPSA) is 83.8 Å². The number of aromatic hydroxyl groups is 1. The van der Waals surface area contributed by atoms with Gasteiger partial charge in [-0.05, 0) is 24.3 Å². The molecule has 1 radical (unpaired) electrons. The fraction of sp³-hybridized carbons (Fsp3) is 0.143. The standard InChI is InChI=1S/C7H8O5S.La/c8-6-1-3-7(4-2-6)12-5-13(9,10)11;/h1-4,8H,5H2,(H,9,10,11);. The normalized spacial score (nSPS) is 10.4. The number of ether oxygens (including phenoxy) is 1. The summed E-state index contributed by atoms with van der Waals surface area (Å²) in [6, 6.07) is 5.47. The van der Waals surface area contributed by atoms with Gasteiger partial charge in [-0.1, -0.05) is 0 Å². The summed E-state index contributed by atoms with van der Waals surface area (Å²) in [5.41, 5.74) is 0. The molecule has 0 amide bonds. The van der Waals surface area contributed by atoms with Crippen LogP contribution in [0.25, 0.3) is 0 Å². The quantitative estimate of drug-likeness (QED) is 0.786. The second kappa shape index (κ2) is 5.72. The third-order valence-corrected chi connectivity index (χ3v) is 1.63. The zero-order chi connectivity index (χ0) is 9.90. The van der Waals surface area contributed by atoms with E-state index in [9.17, 15) is 8.42 Å². The van der Waals surface area contributed by atoms with Gasteiger partial charge in [0.2, 0.25) is 5.94 Å². The number of benzene rings is 1. The van der Waals surface area contributed by atoms with Crippen molar-refractivity contribution < 1.29 is 58.4 Å². The molecule has 0 bridgehead atoms. The summed E-state index contributed by atoms with van der Waals surface area (Å²) >= 11 is 0. The first kappa shape index (κ1) is 13.9. The molecule has 2 N–H and O–H groups in total. The molecule has 14 heavy (non-hydrogen) atoms. The maximum atomic E-state index is 10.3. The van der Waals surface area contributed by atoms with Crippen LogP contribution >= 0.6 is 0 Å². The van der Waals surface area contributed by atoms with E-state index in [0.29, 0.717) is 0 Å². The van der Waals surface area contributed by atoms with E-state index in [4.69, 9.17) is 9.66 Å². The first-order chi connectivity index (χ1) is 5.97. The fourth-order valence-electron chi connectivity index (χ4n) is 0.685. The Hall–Kier alpha value is -0.0752. The molecule has 7 heteroatoms. The van der Waals surface area contributed by atoms with Crippen molar-refractivity contribution in [2.24, 2.45) is 0 Å². The molecule has 0 spiro atoms. The Morgan fingerprint density at radius 2 is 1.71 bits per heavy atom. The molecule has 0 fully saturated rings. The first-order valence-corrected chi connectivity index (χ1v) is 4.95. The van der Waals surface area contributed by atoms with Crippen LogP contribution in [0, 0.1) is 35.6 Å². The van der Waals surface area contributed by atoms with Gasteiger partial charge in [0.1, 0.15) is 11.5 Å². The Balaban J connectivity index is 0.00000169. The van der Waals surface area contributed by atoms with Crippen molar-refractivity contribution in [1.82, 2.24) is 0 Å². The van der Waals surface area contributed by atoms with Crippen LogP contribution in [0.4, 0.5) is 0 Å². The second-order valence-electron chi connectivity index (χ2n) is 2.34. The maximum absolute atomic E-state index is 10.3. The van der Waals surface area contributed by atoms with E-state index in [0.717, 1.165) is 0 Å². The predicted molar refractivity (Wildman–Crippen MR) is 45.2 cm³/mol. The summed E-state index contributed by atoms with van der Waals surface area (Å²) < 4.78 is 33.5. The summed E-state index contributed by atoms with van der Waals surface area (Å²) in [5, 5.41) is 8.86. The molecule has 75 valence electrons. The number of hydrogen-bond acceptors (Lipinski definition) is 4. The molecule has 0 unspecified atom stereocenters. The molecule has 1 rings (SSSR count). The van der Waals surface area contributed by atoms with E-state index in [2.05, 4.69) is 4.74 Å².